The van der Waals surface area contributed by atoms with Gasteiger partial charge in [-0.15, -0.1) is 0 Å². The molecule has 35 heavy (non-hydrogen) atoms. The number of aliphatic hydroxyl groups is 1. The largest absolute Gasteiger partial charge is 0.395 e. The maximum atomic E-state index is 13.4. The van der Waals surface area contributed by atoms with Crippen LogP contribution in [0.2, 0.25) is 0 Å². The summed E-state index contributed by atoms with van der Waals surface area (Å²) < 4.78 is 15.1. The quantitative estimate of drug-likeness (QED) is 0.235. The molecule has 1 aromatic heterocycles. The minimum atomic E-state index is -1.27. The highest BCUT2D eigenvalue weighted by Gasteiger charge is 2.45. The van der Waals surface area contributed by atoms with E-state index in [9.17, 15) is 14.3 Å². The first-order chi connectivity index (χ1) is 16.9. The SMILES string of the molecule is CC(CO)(C(=O)NC(=[NH2+])SC=N)C(c1ccccc1)c1ccc2c(cnn2-c2ccc(F)cc2)c1. The van der Waals surface area contributed by atoms with Crippen LogP contribution in [-0.4, -0.2) is 38.1 Å². The number of rotatable bonds is 7. The van der Waals surface area contributed by atoms with E-state index in [1.54, 1.807) is 29.9 Å². The van der Waals surface area contributed by atoms with Gasteiger partial charge in [-0.2, -0.15) is 5.10 Å². The van der Waals surface area contributed by atoms with Crippen LogP contribution < -0.4 is 10.7 Å². The zero-order chi connectivity index (χ0) is 25.0. The zero-order valence-electron chi connectivity index (χ0n) is 19.0. The lowest BCUT2D eigenvalue weighted by Gasteiger charge is -2.33. The molecular formula is C26H25FN5O2S+. The summed E-state index contributed by atoms with van der Waals surface area (Å²) in [6.45, 7) is 1.25. The molecule has 3 aromatic carbocycles. The fourth-order valence-electron chi connectivity index (χ4n) is 4.23. The third-order valence-electron chi connectivity index (χ3n) is 6.04. The summed E-state index contributed by atoms with van der Waals surface area (Å²) in [6.07, 6.45) is 1.72. The maximum Gasteiger partial charge on any atom is 0.317 e. The maximum absolute atomic E-state index is 13.4. The van der Waals surface area contributed by atoms with E-state index >= 15 is 0 Å². The van der Waals surface area contributed by atoms with Crippen molar-refractivity contribution >= 4 is 39.3 Å². The monoisotopic (exact) mass is 490 g/mol. The lowest BCUT2D eigenvalue weighted by Crippen LogP contribution is -2.54. The van der Waals surface area contributed by atoms with Crippen LogP contribution in [0.5, 0.6) is 0 Å². The molecular weight excluding hydrogens is 465 g/mol. The molecule has 0 radical (unpaired) electrons. The summed E-state index contributed by atoms with van der Waals surface area (Å²) in [5, 5.41) is 31.5. The van der Waals surface area contributed by atoms with E-state index in [2.05, 4.69) is 10.4 Å². The van der Waals surface area contributed by atoms with Gasteiger partial charge >= 0.3 is 11.1 Å². The van der Waals surface area contributed by atoms with Gasteiger partial charge < -0.3 is 10.5 Å². The molecule has 1 heterocycles. The van der Waals surface area contributed by atoms with Crippen LogP contribution in [0.4, 0.5) is 4.39 Å². The number of amides is 1. The Labute approximate surface area is 206 Å². The van der Waals surface area contributed by atoms with E-state index < -0.39 is 23.8 Å². The fraction of sp³-hybridized carbons (Fsp3) is 0.154. The molecule has 2 unspecified atom stereocenters. The summed E-state index contributed by atoms with van der Waals surface area (Å²) in [4.78, 5) is 13.3. The molecule has 0 spiro atoms. The van der Waals surface area contributed by atoms with Crippen molar-refractivity contribution in [3.8, 4) is 5.69 Å². The summed E-state index contributed by atoms with van der Waals surface area (Å²) >= 11 is 0.881. The van der Waals surface area contributed by atoms with Gasteiger partial charge in [0, 0.05) is 23.1 Å². The Hall–Kier alpha value is -3.82. The number of thioether (sulfide) groups is 1. The van der Waals surface area contributed by atoms with Crippen molar-refractivity contribution in [2.75, 3.05) is 6.61 Å². The van der Waals surface area contributed by atoms with Crippen molar-refractivity contribution in [1.29, 1.82) is 5.41 Å². The Kier molecular flexibility index (Phi) is 7.09. The van der Waals surface area contributed by atoms with E-state index in [4.69, 9.17) is 10.8 Å². The first kappa shape index (κ1) is 24.3. The lowest BCUT2D eigenvalue weighted by atomic mass is 9.69. The van der Waals surface area contributed by atoms with Gasteiger partial charge in [-0.3, -0.25) is 5.41 Å². The second-order valence-electron chi connectivity index (χ2n) is 8.32. The molecule has 7 nitrogen and oxygen atoms in total. The van der Waals surface area contributed by atoms with Crippen LogP contribution in [0.25, 0.3) is 16.6 Å². The van der Waals surface area contributed by atoms with Crippen LogP contribution in [0.15, 0.2) is 79.0 Å². The normalized spacial score (nSPS) is 13.7. The van der Waals surface area contributed by atoms with Crippen LogP contribution in [0, 0.1) is 16.6 Å². The Morgan fingerprint density at radius 3 is 2.57 bits per heavy atom. The van der Waals surface area contributed by atoms with Gasteiger partial charge in [-0.05, 0) is 54.4 Å². The van der Waals surface area contributed by atoms with Crippen molar-refractivity contribution in [3.63, 3.8) is 0 Å². The van der Waals surface area contributed by atoms with Crippen molar-refractivity contribution in [2.24, 2.45) is 5.41 Å². The predicted octanol–water partition coefficient (Wildman–Crippen LogP) is 2.87. The molecule has 0 aliphatic heterocycles. The average Bonchev–Trinajstić information content (AvgIpc) is 3.28. The predicted molar refractivity (Wildman–Crippen MR) is 136 cm³/mol. The highest BCUT2D eigenvalue weighted by molar-refractivity contribution is 8.24. The third-order valence-corrected chi connectivity index (χ3v) is 6.51. The number of nitrogens with zero attached hydrogens (tertiary/aromatic N) is 2. The van der Waals surface area contributed by atoms with Gasteiger partial charge in [0.15, 0.2) is 0 Å². The number of hydrogen-bond donors (Lipinski definition) is 4. The second-order valence-corrected chi connectivity index (χ2v) is 9.24. The standard InChI is InChI=1S/C26H24FN5O2S/c1-26(15-33,24(34)31-25(29)35-16-28)23(17-5-3-2-4-6-17)18-7-12-22-19(13-18)14-30-32(22)21-10-8-20(27)9-11-21/h2-14,16,23,28,33H,15H2,1H3,(H2,29,31,34)/p+1. The number of carbonyl (C=O) groups is 1. The van der Waals surface area contributed by atoms with Gasteiger partial charge in [0.05, 0.1) is 29.6 Å². The topological polar surface area (TPSA) is 117 Å². The smallest absolute Gasteiger partial charge is 0.317 e. The number of halogens is 1. The molecule has 0 fully saturated rings. The van der Waals surface area contributed by atoms with E-state index in [0.717, 1.165) is 45.0 Å². The molecule has 2 atom stereocenters. The number of nitrogens with two attached hydrogens (primary N) is 1. The zero-order valence-corrected chi connectivity index (χ0v) is 19.8. The Balaban J connectivity index is 1.80. The number of amidine groups is 1. The second kappa shape index (κ2) is 10.2. The molecule has 0 saturated heterocycles. The van der Waals surface area contributed by atoms with E-state index in [0.29, 0.717) is 0 Å². The summed E-state index contributed by atoms with van der Waals surface area (Å²) in [6, 6.07) is 21.3. The number of carbonyl (C=O) groups excluding carboxylic acids is 1. The van der Waals surface area contributed by atoms with Gasteiger partial charge in [-0.1, -0.05) is 36.4 Å². The molecule has 5 N–H and O–H groups in total. The molecule has 0 bridgehead atoms. The molecule has 0 saturated carbocycles. The molecule has 1 amide bonds. The number of benzene rings is 3. The number of fused-ring (bicyclic) bond motifs is 1. The summed E-state index contributed by atoms with van der Waals surface area (Å²) in [5.74, 6) is -1.29. The van der Waals surface area contributed by atoms with Crippen LogP contribution in [0.3, 0.4) is 0 Å². The summed E-state index contributed by atoms with van der Waals surface area (Å²) in [5.41, 5.74) is 2.96. The highest BCUT2D eigenvalue weighted by atomic mass is 32.2. The molecule has 4 rings (SSSR count). The minimum absolute atomic E-state index is 0.0625. The molecule has 4 aromatic rings. The Morgan fingerprint density at radius 2 is 1.91 bits per heavy atom. The first-order valence-electron chi connectivity index (χ1n) is 10.9. The molecule has 9 heteroatoms. The number of aromatic nitrogens is 2. The molecule has 0 aliphatic rings. The average molecular weight is 491 g/mol. The van der Waals surface area contributed by atoms with E-state index in [1.807, 2.05) is 48.5 Å². The first-order valence-corrected chi connectivity index (χ1v) is 11.7. The third kappa shape index (κ3) is 4.87. The fourth-order valence-corrected chi connectivity index (χ4v) is 4.51. The Morgan fingerprint density at radius 1 is 1.20 bits per heavy atom. The van der Waals surface area contributed by atoms with Crippen LogP contribution in [0.1, 0.15) is 24.0 Å². The van der Waals surface area contributed by atoms with Crippen molar-refractivity contribution in [1.82, 2.24) is 15.1 Å². The summed E-state index contributed by atoms with van der Waals surface area (Å²) in [7, 11) is 0. The van der Waals surface area contributed by atoms with E-state index in [-0.39, 0.29) is 11.0 Å². The highest BCUT2D eigenvalue weighted by Crippen LogP contribution is 2.42. The van der Waals surface area contributed by atoms with Crippen molar-refractivity contribution in [3.05, 3.63) is 95.9 Å². The van der Waals surface area contributed by atoms with Gasteiger partial charge in [-0.25, -0.2) is 19.2 Å². The minimum Gasteiger partial charge on any atom is -0.395 e. The van der Waals surface area contributed by atoms with Crippen LogP contribution >= 0.6 is 11.8 Å². The Bertz CT molecular complexity index is 1370. The molecule has 178 valence electrons. The number of nitrogens with one attached hydrogen (secondary N) is 2. The van der Waals surface area contributed by atoms with E-state index in [1.165, 1.54) is 12.1 Å². The van der Waals surface area contributed by atoms with Crippen LogP contribution in [-0.2, 0) is 4.79 Å². The lowest BCUT2D eigenvalue weighted by molar-refractivity contribution is -0.136. The number of hydrogen-bond acceptors (Lipinski definition) is 5. The van der Waals surface area contributed by atoms with Gasteiger partial charge in [0.2, 0.25) is 0 Å². The number of aliphatic hydroxyl groups excluding tert-OH is 1. The molecule has 0 aliphatic carbocycles. The van der Waals surface area contributed by atoms with Gasteiger partial charge in [0.25, 0.3) is 0 Å². The van der Waals surface area contributed by atoms with Crippen molar-refractivity contribution in [2.45, 2.75) is 12.8 Å². The van der Waals surface area contributed by atoms with Gasteiger partial charge in [0.1, 0.15) is 11.2 Å². The van der Waals surface area contributed by atoms with Crippen molar-refractivity contribution < 1.29 is 19.7 Å².